The molecule has 0 spiro atoms. The van der Waals surface area contributed by atoms with Gasteiger partial charge in [0.15, 0.2) is 0 Å². The van der Waals surface area contributed by atoms with Gasteiger partial charge in [-0.15, -0.1) is 0 Å². The third-order valence-electron chi connectivity index (χ3n) is 4.27. The molecule has 0 aliphatic heterocycles. The number of carbonyl (C=O) groups excluding carboxylic acids is 1. The van der Waals surface area contributed by atoms with E-state index < -0.39 is 10.0 Å². The first-order chi connectivity index (χ1) is 12.7. The molecule has 27 heavy (non-hydrogen) atoms. The van der Waals surface area contributed by atoms with Crippen LogP contribution in [0.2, 0.25) is 0 Å². The number of sulfonamides is 1. The second kappa shape index (κ2) is 8.54. The monoisotopic (exact) mass is 390 g/mol. The van der Waals surface area contributed by atoms with Crippen LogP contribution in [-0.2, 0) is 14.8 Å². The number of benzene rings is 2. The van der Waals surface area contributed by atoms with Crippen molar-refractivity contribution in [3.05, 3.63) is 53.1 Å². The Balaban J connectivity index is 2.15. The summed E-state index contributed by atoms with van der Waals surface area (Å²) in [5, 5.41) is 2.81. The molecule has 146 valence electrons. The van der Waals surface area contributed by atoms with Gasteiger partial charge in [-0.1, -0.05) is 18.2 Å². The Bertz CT molecular complexity index is 919. The number of nitrogens with one attached hydrogen (secondary N) is 1. The number of hydrogen-bond donors (Lipinski definition) is 1. The van der Waals surface area contributed by atoms with E-state index in [2.05, 4.69) is 5.32 Å². The Morgan fingerprint density at radius 2 is 1.70 bits per heavy atom. The fourth-order valence-corrected chi connectivity index (χ4v) is 3.97. The summed E-state index contributed by atoms with van der Waals surface area (Å²) in [6, 6.07) is 10.4. The Morgan fingerprint density at radius 3 is 2.26 bits per heavy atom. The normalized spacial score (nSPS) is 11.5. The van der Waals surface area contributed by atoms with Crippen LogP contribution < -0.4 is 10.1 Å². The number of para-hydroxylation sites is 1. The van der Waals surface area contributed by atoms with Crippen molar-refractivity contribution >= 4 is 21.6 Å². The highest BCUT2D eigenvalue weighted by atomic mass is 32.2. The van der Waals surface area contributed by atoms with Crippen molar-refractivity contribution in [2.75, 3.05) is 25.5 Å². The Kier molecular flexibility index (Phi) is 6.62. The number of amides is 1. The van der Waals surface area contributed by atoms with Crippen LogP contribution in [0.25, 0.3) is 0 Å². The molecule has 0 saturated heterocycles. The van der Waals surface area contributed by atoms with E-state index in [1.165, 1.54) is 13.1 Å². The van der Waals surface area contributed by atoms with Gasteiger partial charge in [0.25, 0.3) is 0 Å². The highest BCUT2D eigenvalue weighted by Crippen LogP contribution is 2.24. The molecule has 0 aliphatic rings. The van der Waals surface area contributed by atoms with Crippen LogP contribution in [0.3, 0.4) is 0 Å². The average Bonchev–Trinajstić information content (AvgIpc) is 2.60. The predicted octanol–water partition coefficient (Wildman–Crippen LogP) is 3.27. The number of rotatable bonds is 7. The summed E-state index contributed by atoms with van der Waals surface area (Å²) in [5.41, 5.74) is 3.29. The molecule has 0 bridgehead atoms. The molecule has 0 heterocycles. The summed E-state index contributed by atoms with van der Waals surface area (Å²) < 4.78 is 32.1. The summed E-state index contributed by atoms with van der Waals surface area (Å²) in [6.45, 7) is 7.68. The van der Waals surface area contributed by atoms with E-state index in [-0.39, 0.29) is 17.3 Å². The third-order valence-corrected chi connectivity index (χ3v) is 6.07. The summed E-state index contributed by atoms with van der Waals surface area (Å²) in [7, 11) is -2.39. The van der Waals surface area contributed by atoms with Crippen molar-refractivity contribution in [3.63, 3.8) is 0 Å². The number of aryl methyl sites for hydroxylation is 3. The maximum absolute atomic E-state index is 12.8. The second-order valence-electron chi connectivity index (χ2n) is 6.44. The fourth-order valence-electron chi connectivity index (χ4n) is 2.76. The first-order valence-electron chi connectivity index (χ1n) is 8.72. The van der Waals surface area contributed by atoms with Crippen molar-refractivity contribution < 1.29 is 17.9 Å². The van der Waals surface area contributed by atoms with Crippen molar-refractivity contribution in [1.82, 2.24) is 4.31 Å². The topological polar surface area (TPSA) is 75.7 Å². The molecule has 0 aromatic heterocycles. The van der Waals surface area contributed by atoms with Gasteiger partial charge in [0.05, 0.1) is 18.0 Å². The van der Waals surface area contributed by atoms with E-state index in [4.69, 9.17) is 4.74 Å². The molecule has 1 N–H and O–H groups in total. The highest BCUT2D eigenvalue weighted by molar-refractivity contribution is 7.89. The molecule has 0 fully saturated rings. The molecular formula is C20H26N2O4S. The van der Waals surface area contributed by atoms with Crippen LogP contribution >= 0.6 is 0 Å². The quantitative estimate of drug-likeness (QED) is 0.787. The van der Waals surface area contributed by atoms with Gasteiger partial charge in [0.1, 0.15) is 5.75 Å². The molecule has 2 aromatic rings. The van der Waals surface area contributed by atoms with Gasteiger partial charge >= 0.3 is 0 Å². The second-order valence-corrected chi connectivity index (χ2v) is 8.48. The number of likely N-dealkylation sites (N-methyl/N-ethyl adjacent to an activating group) is 1. The number of anilines is 1. The lowest BCUT2D eigenvalue weighted by atomic mass is 10.1. The Morgan fingerprint density at radius 1 is 1.07 bits per heavy atom. The van der Waals surface area contributed by atoms with Gasteiger partial charge in [-0.2, -0.15) is 4.31 Å². The lowest BCUT2D eigenvalue weighted by Gasteiger charge is -2.19. The van der Waals surface area contributed by atoms with E-state index in [0.29, 0.717) is 18.0 Å². The fraction of sp³-hybridized carbons (Fsp3) is 0.350. The number of hydrogen-bond acceptors (Lipinski definition) is 4. The van der Waals surface area contributed by atoms with Crippen molar-refractivity contribution in [2.24, 2.45) is 0 Å². The average molecular weight is 391 g/mol. The van der Waals surface area contributed by atoms with E-state index in [9.17, 15) is 13.2 Å². The number of nitrogens with zero attached hydrogens (tertiary/aromatic N) is 1. The molecule has 0 saturated carbocycles. The molecule has 7 heteroatoms. The van der Waals surface area contributed by atoms with Crippen molar-refractivity contribution in [1.29, 1.82) is 0 Å². The van der Waals surface area contributed by atoms with Gasteiger partial charge < -0.3 is 10.1 Å². The Labute approximate surface area is 161 Å². The largest absolute Gasteiger partial charge is 0.494 e. The lowest BCUT2D eigenvalue weighted by Crippen LogP contribution is -2.35. The molecule has 0 radical (unpaired) electrons. The van der Waals surface area contributed by atoms with Gasteiger partial charge in [0.2, 0.25) is 15.9 Å². The van der Waals surface area contributed by atoms with Gasteiger partial charge in [-0.05, 0) is 62.6 Å². The standard InChI is InChI=1S/C20H26N2O4S/c1-6-26-18-11-10-17(12-16(18)4)27(24,25)22(5)13-19(23)21-20-14(2)8-7-9-15(20)3/h7-12H,6,13H2,1-5H3,(H,21,23). The minimum atomic E-state index is -3.78. The minimum Gasteiger partial charge on any atom is -0.494 e. The van der Waals surface area contributed by atoms with Crippen LogP contribution in [0, 0.1) is 20.8 Å². The molecule has 0 atom stereocenters. The van der Waals surface area contributed by atoms with Crippen LogP contribution in [0.5, 0.6) is 5.75 Å². The smallest absolute Gasteiger partial charge is 0.243 e. The summed E-state index contributed by atoms with van der Waals surface area (Å²) >= 11 is 0. The molecule has 0 unspecified atom stereocenters. The summed E-state index contributed by atoms with van der Waals surface area (Å²) in [5.74, 6) is 0.257. The molecule has 2 aromatic carbocycles. The maximum Gasteiger partial charge on any atom is 0.243 e. The van der Waals surface area contributed by atoms with Crippen LogP contribution in [0.4, 0.5) is 5.69 Å². The minimum absolute atomic E-state index is 0.130. The highest BCUT2D eigenvalue weighted by Gasteiger charge is 2.24. The summed E-state index contributed by atoms with van der Waals surface area (Å²) in [4.78, 5) is 12.5. The van der Waals surface area contributed by atoms with E-state index >= 15 is 0 Å². The van der Waals surface area contributed by atoms with Crippen molar-refractivity contribution in [2.45, 2.75) is 32.6 Å². The number of carbonyl (C=O) groups is 1. The van der Waals surface area contributed by atoms with Crippen LogP contribution in [0.15, 0.2) is 41.3 Å². The first-order valence-corrected chi connectivity index (χ1v) is 10.2. The first kappa shape index (κ1) is 20.9. The SMILES string of the molecule is CCOc1ccc(S(=O)(=O)N(C)CC(=O)Nc2c(C)cccc2C)cc1C. The van der Waals surface area contributed by atoms with E-state index in [0.717, 1.165) is 21.0 Å². The van der Waals surface area contributed by atoms with Gasteiger partial charge in [-0.25, -0.2) is 8.42 Å². The van der Waals surface area contributed by atoms with Crippen LogP contribution in [-0.4, -0.2) is 38.8 Å². The van der Waals surface area contributed by atoms with E-state index in [1.807, 2.05) is 39.0 Å². The molecule has 2 rings (SSSR count). The third kappa shape index (κ3) is 4.87. The van der Waals surface area contributed by atoms with Crippen LogP contribution in [0.1, 0.15) is 23.6 Å². The molecular weight excluding hydrogens is 364 g/mol. The van der Waals surface area contributed by atoms with Gasteiger partial charge in [-0.3, -0.25) is 4.79 Å². The van der Waals surface area contributed by atoms with Gasteiger partial charge in [0, 0.05) is 12.7 Å². The zero-order valence-corrected chi connectivity index (χ0v) is 17.2. The summed E-state index contributed by atoms with van der Waals surface area (Å²) in [6.07, 6.45) is 0. The Hall–Kier alpha value is -2.38. The lowest BCUT2D eigenvalue weighted by molar-refractivity contribution is -0.116. The maximum atomic E-state index is 12.8. The zero-order chi connectivity index (χ0) is 20.2. The number of ether oxygens (including phenoxy) is 1. The van der Waals surface area contributed by atoms with E-state index in [1.54, 1.807) is 19.1 Å². The zero-order valence-electron chi connectivity index (χ0n) is 16.4. The van der Waals surface area contributed by atoms with Crippen molar-refractivity contribution in [3.8, 4) is 5.75 Å². The molecule has 0 aliphatic carbocycles. The predicted molar refractivity (Wildman–Crippen MR) is 107 cm³/mol. The molecule has 1 amide bonds. The molecule has 6 nitrogen and oxygen atoms in total.